The van der Waals surface area contributed by atoms with E-state index < -0.39 is 11.9 Å². The molecule has 25 heavy (non-hydrogen) atoms. The van der Waals surface area contributed by atoms with Crippen molar-refractivity contribution >= 4 is 41.3 Å². The minimum atomic E-state index is -0.562. The van der Waals surface area contributed by atoms with Gasteiger partial charge in [0.15, 0.2) is 0 Å². The first-order valence-electron chi connectivity index (χ1n) is 7.33. The number of urea groups is 1. The molecule has 2 N–H and O–H groups in total. The Morgan fingerprint density at radius 1 is 1.20 bits per heavy atom. The zero-order chi connectivity index (χ0) is 17.8. The summed E-state index contributed by atoms with van der Waals surface area (Å²) in [4.78, 5) is 34.7. The van der Waals surface area contributed by atoms with E-state index in [1.54, 1.807) is 48.5 Å². The van der Waals surface area contributed by atoms with Gasteiger partial charge in [0, 0.05) is 16.3 Å². The lowest BCUT2D eigenvalue weighted by Crippen LogP contribution is -2.24. The molecule has 0 aromatic heterocycles. The summed E-state index contributed by atoms with van der Waals surface area (Å²) in [5.74, 6) is -0.665. The molecular weight excluding hydrogens is 344 g/mol. The van der Waals surface area contributed by atoms with Crippen LogP contribution in [0.1, 0.15) is 15.9 Å². The van der Waals surface area contributed by atoms with Crippen LogP contribution in [0.15, 0.2) is 53.6 Å². The Morgan fingerprint density at radius 3 is 2.64 bits per heavy atom. The van der Waals surface area contributed by atoms with Crippen molar-refractivity contribution in [3.05, 3.63) is 64.7 Å². The van der Waals surface area contributed by atoms with Crippen LogP contribution in [0.4, 0.5) is 10.5 Å². The lowest BCUT2D eigenvalue weighted by atomic mass is 10.2. The molecule has 1 fully saturated rings. The van der Waals surface area contributed by atoms with Crippen LogP contribution < -0.4 is 10.6 Å². The number of carbonyl (C=O) groups is 3. The summed E-state index contributed by atoms with van der Waals surface area (Å²) in [6.45, 7) is -0.109. The number of hydrazone groups is 1. The van der Waals surface area contributed by atoms with Gasteiger partial charge in [-0.05, 0) is 42.0 Å². The van der Waals surface area contributed by atoms with Crippen molar-refractivity contribution in [2.75, 3.05) is 11.9 Å². The SMILES string of the molecule is O=C1CN(/N=C/c2cccc(NC(=O)c3ccc(Cl)cc3)c2)C(=O)N1. The molecule has 7 nitrogen and oxygen atoms in total. The number of benzene rings is 2. The van der Waals surface area contributed by atoms with Gasteiger partial charge >= 0.3 is 6.03 Å². The number of carbonyl (C=O) groups excluding carboxylic acids is 3. The van der Waals surface area contributed by atoms with Crippen LogP contribution in [-0.4, -0.2) is 35.6 Å². The zero-order valence-electron chi connectivity index (χ0n) is 12.9. The van der Waals surface area contributed by atoms with E-state index in [1.807, 2.05) is 0 Å². The van der Waals surface area contributed by atoms with E-state index in [9.17, 15) is 14.4 Å². The zero-order valence-corrected chi connectivity index (χ0v) is 13.7. The van der Waals surface area contributed by atoms with Crippen LogP contribution in [0.3, 0.4) is 0 Å². The molecule has 1 saturated heterocycles. The first-order chi connectivity index (χ1) is 12.0. The predicted molar refractivity (Wildman–Crippen MR) is 93.7 cm³/mol. The molecule has 126 valence electrons. The van der Waals surface area contributed by atoms with Crippen molar-refractivity contribution in [1.82, 2.24) is 10.3 Å². The number of hydrogen-bond acceptors (Lipinski definition) is 4. The molecule has 3 rings (SSSR count). The maximum Gasteiger partial charge on any atom is 0.344 e. The van der Waals surface area contributed by atoms with Crippen molar-refractivity contribution in [3.8, 4) is 0 Å². The molecule has 2 aromatic rings. The maximum absolute atomic E-state index is 12.2. The smallest absolute Gasteiger partial charge is 0.322 e. The summed E-state index contributed by atoms with van der Waals surface area (Å²) in [6, 6.07) is 12.9. The largest absolute Gasteiger partial charge is 0.344 e. The number of hydrogen-bond donors (Lipinski definition) is 2. The molecule has 1 heterocycles. The standard InChI is InChI=1S/C17H13ClN4O3/c18-13-6-4-12(5-7-13)16(24)20-14-3-1-2-11(8-14)9-19-22-10-15(23)21-17(22)25/h1-9H,10H2,(H,20,24)(H,21,23,25)/b19-9+. The first-order valence-corrected chi connectivity index (χ1v) is 7.71. The van der Waals surface area contributed by atoms with E-state index in [4.69, 9.17) is 11.6 Å². The summed E-state index contributed by atoms with van der Waals surface area (Å²) >= 11 is 5.81. The molecule has 1 aliphatic heterocycles. The molecule has 8 heteroatoms. The molecule has 0 aliphatic carbocycles. The highest BCUT2D eigenvalue weighted by atomic mass is 35.5. The number of nitrogens with zero attached hydrogens (tertiary/aromatic N) is 2. The van der Waals surface area contributed by atoms with Gasteiger partial charge in [-0.2, -0.15) is 5.10 Å². The minimum Gasteiger partial charge on any atom is -0.322 e. The Labute approximate surface area is 148 Å². The van der Waals surface area contributed by atoms with Gasteiger partial charge in [0.2, 0.25) is 5.91 Å². The van der Waals surface area contributed by atoms with Crippen LogP contribution in [0.5, 0.6) is 0 Å². The van der Waals surface area contributed by atoms with Crippen LogP contribution in [0, 0.1) is 0 Å². The van der Waals surface area contributed by atoms with Gasteiger partial charge in [0.25, 0.3) is 5.91 Å². The Hall–Kier alpha value is -3.19. The highest BCUT2D eigenvalue weighted by molar-refractivity contribution is 6.30. The van der Waals surface area contributed by atoms with E-state index in [0.717, 1.165) is 5.01 Å². The fraction of sp³-hybridized carbons (Fsp3) is 0.0588. The van der Waals surface area contributed by atoms with Gasteiger partial charge in [0.1, 0.15) is 6.54 Å². The highest BCUT2D eigenvalue weighted by Gasteiger charge is 2.25. The summed E-state index contributed by atoms with van der Waals surface area (Å²) < 4.78 is 0. The van der Waals surface area contributed by atoms with Crippen molar-refractivity contribution in [3.63, 3.8) is 0 Å². The molecule has 0 saturated carbocycles. The summed E-state index contributed by atoms with van der Waals surface area (Å²) in [5, 5.41) is 10.4. The summed E-state index contributed by atoms with van der Waals surface area (Å²) in [7, 11) is 0. The van der Waals surface area contributed by atoms with E-state index in [1.165, 1.54) is 6.21 Å². The van der Waals surface area contributed by atoms with Crippen molar-refractivity contribution < 1.29 is 14.4 Å². The van der Waals surface area contributed by atoms with Crippen molar-refractivity contribution in [2.45, 2.75) is 0 Å². The van der Waals surface area contributed by atoms with Crippen LogP contribution in [0.25, 0.3) is 0 Å². The van der Waals surface area contributed by atoms with E-state index >= 15 is 0 Å². The molecule has 0 unspecified atom stereocenters. The monoisotopic (exact) mass is 356 g/mol. The Balaban J connectivity index is 1.69. The summed E-state index contributed by atoms with van der Waals surface area (Å²) in [6.07, 6.45) is 1.44. The molecule has 0 spiro atoms. The van der Waals surface area contributed by atoms with Gasteiger partial charge in [-0.1, -0.05) is 23.7 Å². The Kier molecular flexibility index (Phi) is 4.76. The third-order valence-electron chi connectivity index (χ3n) is 3.37. The van der Waals surface area contributed by atoms with Gasteiger partial charge < -0.3 is 5.32 Å². The first kappa shape index (κ1) is 16.7. The molecule has 0 bridgehead atoms. The number of anilines is 1. The fourth-order valence-corrected chi connectivity index (χ4v) is 2.29. The quantitative estimate of drug-likeness (QED) is 0.651. The Bertz CT molecular complexity index is 864. The topological polar surface area (TPSA) is 90.9 Å². The molecule has 1 aliphatic rings. The van der Waals surface area contributed by atoms with Gasteiger partial charge in [0.05, 0.1) is 6.21 Å². The van der Waals surface area contributed by atoms with Gasteiger partial charge in [-0.15, -0.1) is 0 Å². The number of rotatable bonds is 4. The molecule has 2 aromatic carbocycles. The second-order valence-electron chi connectivity index (χ2n) is 5.24. The molecule has 0 radical (unpaired) electrons. The number of amides is 4. The number of halogens is 1. The van der Waals surface area contributed by atoms with E-state index in [-0.39, 0.29) is 12.5 Å². The normalized spacial score (nSPS) is 14.0. The minimum absolute atomic E-state index is 0.109. The average Bonchev–Trinajstić information content (AvgIpc) is 2.91. The molecular formula is C17H13ClN4O3. The van der Waals surface area contributed by atoms with E-state index in [2.05, 4.69) is 15.7 Å². The van der Waals surface area contributed by atoms with Crippen LogP contribution in [-0.2, 0) is 4.79 Å². The predicted octanol–water partition coefficient (Wildman–Crippen LogP) is 2.48. The average molecular weight is 357 g/mol. The van der Waals surface area contributed by atoms with Gasteiger partial charge in [-0.25, -0.2) is 9.80 Å². The second kappa shape index (κ2) is 7.14. The van der Waals surface area contributed by atoms with E-state index in [0.29, 0.717) is 21.8 Å². The Morgan fingerprint density at radius 2 is 1.96 bits per heavy atom. The fourth-order valence-electron chi connectivity index (χ4n) is 2.16. The van der Waals surface area contributed by atoms with Crippen molar-refractivity contribution in [1.29, 1.82) is 0 Å². The lowest BCUT2D eigenvalue weighted by Gasteiger charge is -2.07. The third-order valence-corrected chi connectivity index (χ3v) is 3.62. The van der Waals surface area contributed by atoms with Crippen LogP contribution in [0.2, 0.25) is 5.02 Å². The third kappa shape index (κ3) is 4.21. The summed E-state index contributed by atoms with van der Waals surface area (Å²) in [5.41, 5.74) is 1.72. The molecule has 4 amide bonds. The van der Waals surface area contributed by atoms with Gasteiger partial charge in [-0.3, -0.25) is 14.9 Å². The highest BCUT2D eigenvalue weighted by Crippen LogP contribution is 2.14. The number of imide groups is 1. The second-order valence-corrected chi connectivity index (χ2v) is 5.68. The molecule has 0 atom stereocenters. The maximum atomic E-state index is 12.2. The van der Waals surface area contributed by atoms with Crippen molar-refractivity contribution in [2.24, 2.45) is 5.10 Å². The van der Waals surface area contributed by atoms with Crippen LogP contribution >= 0.6 is 11.6 Å². The number of nitrogens with one attached hydrogen (secondary N) is 2. The lowest BCUT2D eigenvalue weighted by molar-refractivity contribution is -0.118.